The van der Waals surface area contributed by atoms with Crippen LogP contribution in [0.4, 0.5) is 11.4 Å². The van der Waals surface area contributed by atoms with Crippen LogP contribution >= 0.6 is 0 Å². The minimum absolute atomic E-state index is 0.0187. The third-order valence-corrected chi connectivity index (χ3v) is 5.58. The van der Waals surface area contributed by atoms with Gasteiger partial charge in [0.25, 0.3) is 21.6 Å². The van der Waals surface area contributed by atoms with Crippen molar-refractivity contribution >= 4 is 33.1 Å². The molecular formula is C18H18N4O5S. The second-order valence-electron chi connectivity index (χ2n) is 6.28. The van der Waals surface area contributed by atoms with E-state index < -0.39 is 20.9 Å². The zero-order chi connectivity index (χ0) is 20.3. The number of nitro benzene ring substituents is 1. The zero-order valence-corrected chi connectivity index (χ0v) is 15.8. The van der Waals surface area contributed by atoms with E-state index in [1.54, 1.807) is 6.92 Å². The average Bonchev–Trinajstić information content (AvgIpc) is 3.14. The normalized spacial score (nSPS) is 13.7. The number of aliphatic imine (C=N–C) groups is 1. The van der Waals surface area contributed by atoms with Crippen LogP contribution in [0.2, 0.25) is 0 Å². The van der Waals surface area contributed by atoms with Crippen molar-refractivity contribution in [1.29, 1.82) is 0 Å². The number of hydrogen-bond acceptors (Lipinski definition) is 6. The summed E-state index contributed by atoms with van der Waals surface area (Å²) in [6.07, 6.45) is 1.37. The SMILES string of the molecule is Cc1ccc(C(=O)Nc2cccc(S(=O)(=O)NC3=NCCC3)c2)cc1[N+](=O)[O-]. The Labute approximate surface area is 161 Å². The number of benzene rings is 2. The van der Waals surface area contributed by atoms with Crippen LogP contribution in [0.1, 0.15) is 28.8 Å². The number of anilines is 1. The van der Waals surface area contributed by atoms with Gasteiger partial charge in [0, 0.05) is 35.8 Å². The maximum absolute atomic E-state index is 12.5. The number of sulfonamides is 1. The Bertz CT molecular complexity index is 1080. The number of carbonyl (C=O) groups is 1. The molecule has 0 radical (unpaired) electrons. The summed E-state index contributed by atoms with van der Waals surface area (Å²) in [7, 11) is -3.81. The van der Waals surface area contributed by atoms with E-state index in [4.69, 9.17) is 0 Å². The Hall–Kier alpha value is -3.27. The van der Waals surface area contributed by atoms with Gasteiger partial charge in [-0.25, -0.2) is 8.42 Å². The van der Waals surface area contributed by atoms with E-state index >= 15 is 0 Å². The maximum atomic E-state index is 12.5. The second kappa shape index (κ2) is 7.77. The van der Waals surface area contributed by atoms with Crippen molar-refractivity contribution in [3.8, 4) is 0 Å². The van der Waals surface area contributed by atoms with Gasteiger partial charge in [-0.1, -0.05) is 12.1 Å². The molecule has 0 aromatic heterocycles. The summed E-state index contributed by atoms with van der Waals surface area (Å²) < 4.78 is 27.4. The Morgan fingerprint density at radius 2 is 2.00 bits per heavy atom. The first-order chi connectivity index (χ1) is 13.3. The van der Waals surface area contributed by atoms with Crippen molar-refractivity contribution in [2.75, 3.05) is 11.9 Å². The van der Waals surface area contributed by atoms with Crippen molar-refractivity contribution in [3.63, 3.8) is 0 Å². The smallest absolute Gasteiger partial charge is 0.273 e. The molecule has 0 saturated carbocycles. The molecule has 0 spiro atoms. The fraction of sp³-hybridized carbons (Fsp3) is 0.222. The van der Waals surface area contributed by atoms with E-state index in [0.717, 1.165) is 6.42 Å². The Balaban J connectivity index is 1.80. The predicted molar refractivity (Wildman–Crippen MR) is 104 cm³/mol. The van der Waals surface area contributed by atoms with Gasteiger partial charge < -0.3 is 5.32 Å². The average molecular weight is 402 g/mol. The van der Waals surface area contributed by atoms with Crippen LogP contribution in [0.15, 0.2) is 52.4 Å². The van der Waals surface area contributed by atoms with Crippen LogP contribution in [0.25, 0.3) is 0 Å². The highest BCUT2D eigenvalue weighted by Crippen LogP contribution is 2.21. The molecule has 28 heavy (non-hydrogen) atoms. The predicted octanol–water partition coefficient (Wildman–Crippen LogP) is 2.63. The first-order valence-corrected chi connectivity index (χ1v) is 9.97. The molecule has 9 nitrogen and oxygen atoms in total. The fourth-order valence-electron chi connectivity index (χ4n) is 2.73. The molecule has 1 aliphatic rings. The number of nitrogens with zero attached hydrogens (tertiary/aromatic N) is 2. The number of nitrogens with one attached hydrogen (secondary N) is 2. The van der Waals surface area contributed by atoms with Crippen molar-refractivity contribution in [2.45, 2.75) is 24.7 Å². The van der Waals surface area contributed by atoms with E-state index in [2.05, 4.69) is 15.0 Å². The van der Waals surface area contributed by atoms with Crippen LogP contribution < -0.4 is 10.0 Å². The van der Waals surface area contributed by atoms with Gasteiger partial charge in [0.1, 0.15) is 5.84 Å². The van der Waals surface area contributed by atoms with Crippen LogP contribution in [0.5, 0.6) is 0 Å². The highest BCUT2D eigenvalue weighted by molar-refractivity contribution is 7.90. The summed E-state index contributed by atoms with van der Waals surface area (Å²) in [4.78, 5) is 27.0. The van der Waals surface area contributed by atoms with Gasteiger partial charge in [-0.15, -0.1) is 0 Å². The lowest BCUT2D eigenvalue weighted by molar-refractivity contribution is -0.385. The van der Waals surface area contributed by atoms with E-state index in [9.17, 15) is 23.3 Å². The van der Waals surface area contributed by atoms with Gasteiger partial charge in [-0.3, -0.25) is 24.6 Å². The van der Waals surface area contributed by atoms with Gasteiger partial charge >= 0.3 is 0 Å². The highest BCUT2D eigenvalue weighted by Gasteiger charge is 2.19. The molecule has 0 atom stereocenters. The standard InChI is InChI=1S/C18H18N4O5S/c1-12-7-8-13(10-16(12)22(24)25)18(23)20-14-4-2-5-15(11-14)28(26,27)21-17-6-3-9-19-17/h2,4-5,7-8,10-11H,3,6,9H2,1H3,(H,19,21)(H,20,23). The zero-order valence-electron chi connectivity index (χ0n) is 15.0. The third-order valence-electron chi connectivity index (χ3n) is 4.20. The number of hydrogen-bond donors (Lipinski definition) is 2. The molecule has 146 valence electrons. The van der Waals surface area contributed by atoms with Gasteiger partial charge in [0.15, 0.2) is 0 Å². The highest BCUT2D eigenvalue weighted by atomic mass is 32.2. The van der Waals surface area contributed by atoms with Gasteiger partial charge in [-0.05, 0) is 37.6 Å². The number of amidine groups is 1. The van der Waals surface area contributed by atoms with Gasteiger partial charge in [-0.2, -0.15) is 0 Å². The summed E-state index contributed by atoms with van der Waals surface area (Å²) in [5, 5.41) is 13.6. The molecule has 3 rings (SSSR count). The molecule has 1 amide bonds. The summed E-state index contributed by atoms with van der Waals surface area (Å²) in [5.41, 5.74) is 0.634. The maximum Gasteiger partial charge on any atom is 0.273 e. The monoisotopic (exact) mass is 402 g/mol. The summed E-state index contributed by atoms with van der Waals surface area (Å²) in [6.45, 7) is 2.17. The van der Waals surface area contributed by atoms with E-state index in [0.29, 0.717) is 24.4 Å². The quantitative estimate of drug-likeness (QED) is 0.586. The fourth-order valence-corrected chi connectivity index (χ4v) is 3.86. The Kier molecular flexibility index (Phi) is 5.41. The molecule has 1 heterocycles. The van der Waals surface area contributed by atoms with Crippen molar-refractivity contribution in [3.05, 3.63) is 63.7 Å². The molecule has 0 aliphatic carbocycles. The Morgan fingerprint density at radius 3 is 2.68 bits per heavy atom. The molecule has 10 heteroatoms. The minimum atomic E-state index is -3.81. The number of nitro groups is 1. The van der Waals surface area contributed by atoms with Gasteiger partial charge in [0.05, 0.1) is 9.82 Å². The van der Waals surface area contributed by atoms with Crippen molar-refractivity contribution in [1.82, 2.24) is 4.72 Å². The molecule has 2 aromatic rings. The second-order valence-corrected chi connectivity index (χ2v) is 7.96. The van der Waals surface area contributed by atoms with Gasteiger partial charge in [0.2, 0.25) is 0 Å². The third kappa shape index (κ3) is 4.34. The number of carbonyl (C=O) groups excluding carboxylic acids is 1. The van der Waals surface area contributed by atoms with Crippen LogP contribution in [-0.2, 0) is 10.0 Å². The lowest BCUT2D eigenvalue weighted by atomic mass is 10.1. The van der Waals surface area contributed by atoms with E-state index in [1.807, 2.05) is 0 Å². The topological polar surface area (TPSA) is 131 Å². The summed E-state index contributed by atoms with van der Waals surface area (Å²) in [5.74, 6) is -0.160. The largest absolute Gasteiger partial charge is 0.322 e. The summed E-state index contributed by atoms with van der Waals surface area (Å²) >= 11 is 0. The Morgan fingerprint density at radius 1 is 1.21 bits per heavy atom. The molecule has 2 aromatic carbocycles. The van der Waals surface area contributed by atoms with E-state index in [1.165, 1.54) is 42.5 Å². The first-order valence-electron chi connectivity index (χ1n) is 8.49. The molecule has 1 aliphatic heterocycles. The lowest BCUT2D eigenvalue weighted by Crippen LogP contribution is -2.29. The molecule has 0 saturated heterocycles. The summed E-state index contributed by atoms with van der Waals surface area (Å²) in [6, 6.07) is 9.90. The minimum Gasteiger partial charge on any atom is -0.322 e. The first kappa shape index (κ1) is 19.5. The molecule has 0 bridgehead atoms. The molecular weight excluding hydrogens is 384 g/mol. The van der Waals surface area contributed by atoms with E-state index in [-0.39, 0.29) is 21.8 Å². The molecule has 2 N–H and O–H groups in total. The lowest BCUT2D eigenvalue weighted by Gasteiger charge is -2.10. The number of amides is 1. The van der Waals surface area contributed by atoms with Crippen LogP contribution in [-0.4, -0.2) is 31.6 Å². The van der Waals surface area contributed by atoms with Crippen LogP contribution in [0, 0.1) is 17.0 Å². The van der Waals surface area contributed by atoms with Crippen molar-refractivity contribution < 1.29 is 18.1 Å². The molecule has 0 unspecified atom stereocenters. The molecule has 0 fully saturated rings. The van der Waals surface area contributed by atoms with Crippen molar-refractivity contribution in [2.24, 2.45) is 4.99 Å². The number of aryl methyl sites for hydroxylation is 1. The number of rotatable bonds is 5. The van der Waals surface area contributed by atoms with Crippen LogP contribution in [0.3, 0.4) is 0 Å².